The zero-order valence-electron chi connectivity index (χ0n) is 17.1. The number of aliphatic imine (C=N–C) groups is 1. The Morgan fingerprint density at radius 1 is 1.21 bits per heavy atom. The van der Waals surface area contributed by atoms with Gasteiger partial charge < -0.3 is 20.4 Å². The number of hydrogen-bond donors (Lipinski definition) is 2. The normalized spacial score (nSPS) is 15.1. The van der Waals surface area contributed by atoms with Gasteiger partial charge in [-0.1, -0.05) is 29.8 Å². The predicted molar refractivity (Wildman–Crippen MR) is 125 cm³/mol. The van der Waals surface area contributed by atoms with E-state index < -0.39 is 5.91 Å². The van der Waals surface area contributed by atoms with Gasteiger partial charge in [-0.15, -0.1) is 24.0 Å². The second-order valence-corrected chi connectivity index (χ2v) is 7.05. The minimum Gasteiger partial charge on any atom is -0.454 e. The summed E-state index contributed by atoms with van der Waals surface area (Å²) < 4.78 is 5.42. The van der Waals surface area contributed by atoms with E-state index in [2.05, 4.69) is 58.2 Å². The first kappa shape index (κ1) is 23.2. The maximum atomic E-state index is 11.1. The average Bonchev–Trinajstić information content (AvgIpc) is 3.15. The van der Waals surface area contributed by atoms with Crippen molar-refractivity contribution in [2.75, 3.05) is 32.7 Å². The van der Waals surface area contributed by atoms with Crippen molar-refractivity contribution in [3.63, 3.8) is 0 Å². The molecule has 2 aromatic rings. The molecule has 1 aromatic heterocycles. The Morgan fingerprint density at radius 2 is 1.97 bits per heavy atom. The zero-order chi connectivity index (χ0) is 19.9. The summed E-state index contributed by atoms with van der Waals surface area (Å²) in [6.07, 6.45) is 0. The third-order valence-corrected chi connectivity index (χ3v) is 4.78. The number of nitrogens with zero attached hydrogens (tertiary/aromatic N) is 3. The largest absolute Gasteiger partial charge is 0.454 e. The van der Waals surface area contributed by atoms with Gasteiger partial charge >= 0.3 is 0 Å². The van der Waals surface area contributed by atoms with Gasteiger partial charge in [-0.25, -0.2) is 4.99 Å². The van der Waals surface area contributed by atoms with Crippen LogP contribution in [0.4, 0.5) is 0 Å². The molecular formula is C21H30IN5O2. The van der Waals surface area contributed by atoms with Gasteiger partial charge in [0.05, 0.1) is 0 Å². The number of benzene rings is 1. The van der Waals surface area contributed by atoms with Crippen LogP contribution in [0.25, 0.3) is 0 Å². The number of furan rings is 1. The molecule has 8 heteroatoms. The highest BCUT2D eigenvalue weighted by molar-refractivity contribution is 14.0. The molecular weight excluding hydrogens is 481 g/mol. The van der Waals surface area contributed by atoms with Crippen molar-refractivity contribution in [2.45, 2.75) is 26.9 Å². The van der Waals surface area contributed by atoms with Gasteiger partial charge in [0.1, 0.15) is 12.3 Å². The van der Waals surface area contributed by atoms with E-state index in [1.165, 1.54) is 11.1 Å². The number of rotatable bonds is 6. The lowest BCUT2D eigenvalue weighted by atomic mass is 10.1. The van der Waals surface area contributed by atoms with E-state index in [1.54, 1.807) is 12.1 Å². The Kier molecular flexibility index (Phi) is 8.97. The summed E-state index contributed by atoms with van der Waals surface area (Å²) >= 11 is 0. The molecule has 3 rings (SSSR count). The van der Waals surface area contributed by atoms with Crippen molar-refractivity contribution >= 4 is 35.8 Å². The van der Waals surface area contributed by atoms with Gasteiger partial charge in [0, 0.05) is 39.3 Å². The van der Waals surface area contributed by atoms with E-state index in [0.29, 0.717) is 12.3 Å². The highest BCUT2D eigenvalue weighted by Crippen LogP contribution is 2.12. The molecule has 0 aliphatic carbocycles. The molecule has 1 aliphatic rings. The van der Waals surface area contributed by atoms with Crippen LogP contribution < -0.4 is 11.1 Å². The maximum absolute atomic E-state index is 11.1. The Balaban J connectivity index is 0.00000300. The van der Waals surface area contributed by atoms with Crippen molar-refractivity contribution in [1.82, 2.24) is 15.1 Å². The zero-order valence-corrected chi connectivity index (χ0v) is 19.4. The topological polar surface area (TPSA) is 87.1 Å². The van der Waals surface area contributed by atoms with Crippen LogP contribution in [-0.4, -0.2) is 54.4 Å². The standard InChI is InChI=1S/C21H29N5O2.HI/c1-3-23-21(24-14-18-7-8-19(28-18)20(22)27)26-11-9-25(10-12-26)15-17-6-4-5-16(2)13-17;/h4-8,13H,3,9-12,14-15H2,1-2H3,(H2,22,27)(H,23,24);1H. The summed E-state index contributed by atoms with van der Waals surface area (Å²) in [5.74, 6) is 1.10. The minimum absolute atomic E-state index is 0. The molecule has 29 heavy (non-hydrogen) atoms. The fraction of sp³-hybridized carbons (Fsp3) is 0.429. The molecule has 1 amide bonds. The van der Waals surface area contributed by atoms with E-state index in [-0.39, 0.29) is 29.7 Å². The monoisotopic (exact) mass is 511 g/mol. The molecule has 0 atom stereocenters. The molecule has 7 nitrogen and oxygen atoms in total. The number of aryl methyl sites for hydroxylation is 1. The Morgan fingerprint density at radius 3 is 2.59 bits per heavy atom. The molecule has 0 saturated carbocycles. The van der Waals surface area contributed by atoms with Gasteiger partial charge in [-0.05, 0) is 31.5 Å². The number of carbonyl (C=O) groups excluding carboxylic acids is 1. The summed E-state index contributed by atoms with van der Waals surface area (Å²) in [5.41, 5.74) is 7.89. The molecule has 3 N–H and O–H groups in total. The first-order valence-corrected chi connectivity index (χ1v) is 9.75. The lowest BCUT2D eigenvalue weighted by Gasteiger charge is -2.36. The van der Waals surface area contributed by atoms with Crippen LogP contribution in [0.1, 0.15) is 34.4 Å². The average molecular weight is 511 g/mol. The SMILES string of the molecule is CCNC(=NCc1ccc(C(N)=O)o1)N1CCN(Cc2cccc(C)c2)CC1.I. The summed E-state index contributed by atoms with van der Waals surface area (Å²) in [4.78, 5) is 20.6. The third-order valence-electron chi connectivity index (χ3n) is 4.78. The Labute approximate surface area is 189 Å². The second-order valence-electron chi connectivity index (χ2n) is 7.05. The third kappa shape index (κ3) is 6.74. The Bertz CT molecular complexity index is 828. The first-order chi connectivity index (χ1) is 13.5. The molecule has 1 aromatic carbocycles. The van der Waals surface area contributed by atoms with Gasteiger partial charge in [0.2, 0.25) is 0 Å². The smallest absolute Gasteiger partial charge is 0.284 e. The quantitative estimate of drug-likeness (QED) is 0.354. The number of piperazine rings is 1. The molecule has 158 valence electrons. The number of amides is 1. The summed E-state index contributed by atoms with van der Waals surface area (Å²) in [6, 6.07) is 12.0. The highest BCUT2D eigenvalue weighted by atomic mass is 127. The van der Waals surface area contributed by atoms with Gasteiger partial charge in [-0.2, -0.15) is 0 Å². The van der Waals surface area contributed by atoms with Crippen molar-refractivity contribution in [3.05, 3.63) is 59.0 Å². The van der Waals surface area contributed by atoms with E-state index in [4.69, 9.17) is 10.2 Å². The van der Waals surface area contributed by atoms with Crippen LogP contribution in [0.2, 0.25) is 0 Å². The second kappa shape index (κ2) is 11.2. The molecule has 1 fully saturated rings. The lowest BCUT2D eigenvalue weighted by molar-refractivity contribution is 0.0972. The lowest BCUT2D eigenvalue weighted by Crippen LogP contribution is -2.52. The highest BCUT2D eigenvalue weighted by Gasteiger charge is 2.20. The van der Waals surface area contributed by atoms with Crippen LogP contribution in [0.3, 0.4) is 0 Å². The number of carbonyl (C=O) groups is 1. The fourth-order valence-electron chi connectivity index (χ4n) is 3.36. The van der Waals surface area contributed by atoms with Crippen LogP contribution in [0, 0.1) is 6.92 Å². The van der Waals surface area contributed by atoms with Crippen LogP contribution in [-0.2, 0) is 13.1 Å². The van der Waals surface area contributed by atoms with Crippen molar-refractivity contribution in [2.24, 2.45) is 10.7 Å². The summed E-state index contributed by atoms with van der Waals surface area (Å²) in [6.45, 7) is 10.2. The maximum Gasteiger partial charge on any atom is 0.284 e. The molecule has 1 saturated heterocycles. The van der Waals surface area contributed by atoms with E-state index in [0.717, 1.165) is 45.2 Å². The number of halogens is 1. The van der Waals surface area contributed by atoms with Crippen molar-refractivity contribution in [1.29, 1.82) is 0 Å². The van der Waals surface area contributed by atoms with Crippen LogP contribution >= 0.6 is 24.0 Å². The molecule has 1 aliphatic heterocycles. The predicted octanol–water partition coefficient (Wildman–Crippen LogP) is 2.59. The number of nitrogens with two attached hydrogens (primary N) is 1. The molecule has 0 radical (unpaired) electrons. The number of hydrogen-bond acceptors (Lipinski definition) is 4. The van der Waals surface area contributed by atoms with Crippen molar-refractivity contribution in [3.8, 4) is 0 Å². The summed E-state index contributed by atoms with van der Waals surface area (Å²) in [5, 5.41) is 3.35. The number of nitrogens with one attached hydrogen (secondary N) is 1. The van der Waals surface area contributed by atoms with Crippen LogP contribution in [0.15, 0.2) is 45.8 Å². The van der Waals surface area contributed by atoms with E-state index >= 15 is 0 Å². The fourth-order valence-corrected chi connectivity index (χ4v) is 3.36. The summed E-state index contributed by atoms with van der Waals surface area (Å²) in [7, 11) is 0. The molecule has 0 bridgehead atoms. The number of primary amides is 1. The van der Waals surface area contributed by atoms with E-state index in [9.17, 15) is 4.79 Å². The number of guanidine groups is 1. The minimum atomic E-state index is -0.563. The van der Waals surface area contributed by atoms with E-state index in [1.807, 2.05) is 0 Å². The van der Waals surface area contributed by atoms with Gasteiger partial charge in [0.25, 0.3) is 5.91 Å². The molecule has 0 spiro atoms. The van der Waals surface area contributed by atoms with Gasteiger partial charge in [-0.3, -0.25) is 9.69 Å². The van der Waals surface area contributed by atoms with Crippen LogP contribution in [0.5, 0.6) is 0 Å². The molecule has 2 heterocycles. The molecule has 0 unspecified atom stereocenters. The van der Waals surface area contributed by atoms with Gasteiger partial charge in [0.15, 0.2) is 11.7 Å². The van der Waals surface area contributed by atoms with Crippen molar-refractivity contribution < 1.29 is 9.21 Å². The Hall–Kier alpha value is -2.07. The first-order valence-electron chi connectivity index (χ1n) is 9.75.